The van der Waals surface area contributed by atoms with Crippen LogP contribution in [0.5, 0.6) is 0 Å². The summed E-state index contributed by atoms with van der Waals surface area (Å²) >= 11 is 0. The first kappa shape index (κ1) is 15.6. The standard InChI is InChI=1S/C21H14N4O/c22-13-17-8-4-5-9-18(17)24-21(26)16-10-11-25-14-19(23-20(25)12-16)15-6-2-1-3-7-15/h1-12,14H,(H,24,26). The Kier molecular flexibility index (Phi) is 3.92. The Morgan fingerprint density at radius 3 is 2.62 bits per heavy atom. The number of anilines is 1. The third-order valence-electron chi connectivity index (χ3n) is 4.09. The summed E-state index contributed by atoms with van der Waals surface area (Å²) in [7, 11) is 0. The van der Waals surface area contributed by atoms with Crippen molar-refractivity contribution in [3.63, 3.8) is 0 Å². The van der Waals surface area contributed by atoms with E-state index in [1.165, 1.54) is 0 Å². The second kappa shape index (κ2) is 6.54. The molecule has 4 rings (SSSR count). The second-order valence-corrected chi connectivity index (χ2v) is 5.78. The average molecular weight is 338 g/mol. The Hall–Kier alpha value is -3.91. The number of imidazole rings is 1. The van der Waals surface area contributed by atoms with Gasteiger partial charge in [0.25, 0.3) is 5.91 Å². The van der Waals surface area contributed by atoms with Gasteiger partial charge in [-0.3, -0.25) is 4.79 Å². The first-order chi connectivity index (χ1) is 12.7. The summed E-state index contributed by atoms with van der Waals surface area (Å²) < 4.78 is 1.88. The zero-order valence-electron chi connectivity index (χ0n) is 13.8. The minimum Gasteiger partial charge on any atom is -0.321 e. The molecule has 2 heterocycles. The van der Waals surface area contributed by atoms with Crippen LogP contribution in [0.3, 0.4) is 0 Å². The van der Waals surface area contributed by atoms with E-state index in [0.29, 0.717) is 22.5 Å². The van der Waals surface area contributed by atoms with Gasteiger partial charge in [0.1, 0.15) is 11.7 Å². The van der Waals surface area contributed by atoms with E-state index in [4.69, 9.17) is 5.26 Å². The Balaban J connectivity index is 1.65. The van der Waals surface area contributed by atoms with E-state index in [1.807, 2.05) is 40.9 Å². The van der Waals surface area contributed by atoms with Crippen LogP contribution in [0.1, 0.15) is 15.9 Å². The number of fused-ring (bicyclic) bond motifs is 1. The van der Waals surface area contributed by atoms with Gasteiger partial charge in [-0.25, -0.2) is 4.98 Å². The normalized spacial score (nSPS) is 10.4. The fourth-order valence-electron chi connectivity index (χ4n) is 2.76. The third-order valence-corrected chi connectivity index (χ3v) is 4.09. The quantitative estimate of drug-likeness (QED) is 0.611. The maximum absolute atomic E-state index is 12.5. The first-order valence-electron chi connectivity index (χ1n) is 8.09. The number of benzene rings is 2. The van der Waals surface area contributed by atoms with Crippen LogP contribution >= 0.6 is 0 Å². The number of amides is 1. The minimum absolute atomic E-state index is 0.278. The third kappa shape index (κ3) is 2.92. The summed E-state index contributed by atoms with van der Waals surface area (Å²) in [5.74, 6) is -0.278. The van der Waals surface area contributed by atoms with Gasteiger partial charge in [-0.15, -0.1) is 0 Å². The fourth-order valence-corrected chi connectivity index (χ4v) is 2.76. The van der Waals surface area contributed by atoms with Crippen molar-refractivity contribution < 1.29 is 4.79 Å². The van der Waals surface area contributed by atoms with Crippen LogP contribution in [-0.4, -0.2) is 15.3 Å². The molecule has 0 radical (unpaired) electrons. The lowest BCUT2D eigenvalue weighted by Crippen LogP contribution is -2.13. The Morgan fingerprint density at radius 1 is 1.04 bits per heavy atom. The predicted octanol–water partition coefficient (Wildman–Crippen LogP) is 4.13. The number of pyridine rings is 1. The number of rotatable bonds is 3. The lowest BCUT2D eigenvalue weighted by atomic mass is 10.2. The summed E-state index contributed by atoms with van der Waals surface area (Å²) in [5, 5.41) is 11.9. The topological polar surface area (TPSA) is 70.2 Å². The van der Waals surface area contributed by atoms with E-state index in [9.17, 15) is 4.79 Å². The highest BCUT2D eigenvalue weighted by Crippen LogP contribution is 2.20. The molecule has 0 fully saturated rings. The molecule has 4 aromatic rings. The van der Waals surface area contributed by atoms with Gasteiger partial charge in [-0.2, -0.15) is 5.26 Å². The van der Waals surface area contributed by atoms with E-state index < -0.39 is 0 Å². The highest BCUT2D eigenvalue weighted by Gasteiger charge is 2.11. The largest absolute Gasteiger partial charge is 0.321 e. The van der Waals surface area contributed by atoms with Gasteiger partial charge in [0, 0.05) is 23.5 Å². The number of nitrogens with one attached hydrogen (secondary N) is 1. The number of carbonyl (C=O) groups excluding carboxylic acids is 1. The number of nitriles is 1. The van der Waals surface area contributed by atoms with E-state index in [0.717, 1.165) is 11.3 Å². The van der Waals surface area contributed by atoms with Crippen LogP contribution in [0, 0.1) is 11.3 Å². The van der Waals surface area contributed by atoms with Gasteiger partial charge in [0.15, 0.2) is 0 Å². The second-order valence-electron chi connectivity index (χ2n) is 5.78. The van der Waals surface area contributed by atoms with Gasteiger partial charge in [0.2, 0.25) is 0 Å². The molecule has 5 heteroatoms. The van der Waals surface area contributed by atoms with Crippen LogP contribution in [0.4, 0.5) is 5.69 Å². The van der Waals surface area contributed by atoms with Crippen molar-refractivity contribution in [3.8, 4) is 17.3 Å². The molecule has 0 spiro atoms. The molecule has 0 saturated carbocycles. The first-order valence-corrected chi connectivity index (χ1v) is 8.09. The molecule has 2 aromatic carbocycles. The summed E-state index contributed by atoms with van der Waals surface area (Å²) in [4.78, 5) is 17.1. The van der Waals surface area contributed by atoms with E-state index in [1.54, 1.807) is 42.6 Å². The van der Waals surface area contributed by atoms with Crippen molar-refractivity contribution in [2.45, 2.75) is 0 Å². The van der Waals surface area contributed by atoms with E-state index >= 15 is 0 Å². The molecular weight excluding hydrogens is 324 g/mol. The van der Waals surface area contributed by atoms with E-state index in [-0.39, 0.29) is 5.91 Å². The van der Waals surface area contributed by atoms with Gasteiger partial charge in [0.05, 0.1) is 16.9 Å². The lowest BCUT2D eigenvalue weighted by molar-refractivity contribution is 0.102. The summed E-state index contributed by atoms with van der Waals surface area (Å²) in [6.07, 6.45) is 3.73. The highest BCUT2D eigenvalue weighted by atomic mass is 16.1. The molecule has 0 saturated heterocycles. The van der Waals surface area contributed by atoms with Crippen molar-refractivity contribution in [1.82, 2.24) is 9.38 Å². The molecule has 0 bridgehead atoms. The molecule has 0 unspecified atom stereocenters. The van der Waals surface area contributed by atoms with Crippen LogP contribution < -0.4 is 5.32 Å². The summed E-state index contributed by atoms with van der Waals surface area (Å²) in [6, 6.07) is 22.3. The molecule has 124 valence electrons. The van der Waals surface area contributed by atoms with E-state index in [2.05, 4.69) is 16.4 Å². The van der Waals surface area contributed by atoms with Crippen molar-refractivity contribution in [1.29, 1.82) is 5.26 Å². The Bertz CT molecular complexity index is 1140. The molecule has 0 aliphatic heterocycles. The molecule has 0 atom stereocenters. The van der Waals surface area contributed by atoms with Crippen molar-refractivity contribution in [2.24, 2.45) is 0 Å². The molecule has 0 aliphatic rings. The zero-order chi connectivity index (χ0) is 17.9. The van der Waals surface area contributed by atoms with Gasteiger partial charge >= 0.3 is 0 Å². The number of aromatic nitrogens is 2. The van der Waals surface area contributed by atoms with Crippen LogP contribution in [0.25, 0.3) is 16.9 Å². The maximum atomic E-state index is 12.5. The number of nitrogens with zero attached hydrogens (tertiary/aromatic N) is 3. The predicted molar refractivity (Wildman–Crippen MR) is 99.7 cm³/mol. The number of hydrogen-bond donors (Lipinski definition) is 1. The Morgan fingerprint density at radius 2 is 1.81 bits per heavy atom. The number of para-hydroxylation sites is 1. The smallest absolute Gasteiger partial charge is 0.255 e. The minimum atomic E-state index is -0.278. The van der Waals surface area contributed by atoms with Crippen LogP contribution in [0.15, 0.2) is 79.1 Å². The summed E-state index contributed by atoms with van der Waals surface area (Å²) in [5.41, 5.74) is 3.95. The maximum Gasteiger partial charge on any atom is 0.255 e. The van der Waals surface area contributed by atoms with Crippen molar-refractivity contribution in [3.05, 3.63) is 90.3 Å². The molecule has 2 aromatic heterocycles. The van der Waals surface area contributed by atoms with Crippen molar-refractivity contribution in [2.75, 3.05) is 5.32 Å². The SMILES string of the molecule is N#Cc1ccccc1NC(=O)c1ccn2cc(-c3ccccc3)nc2c1. The molecule has 0 aliphatic carbocycles. The van der Waals surface area contributed by atoms with Gasteiger partial charge in [-0.05, 0) is 24.3 Å². The molecule has 1 N–H and O–H groups in total. The highest BCUT2D eigenvalue weighted by molar-refractivity contribution is 6.05. The molecule has 26 heavy (non-hydrogen) atoms. The molecular formula is C21H14N4O. The van der Waals surface area contributed by atoms with Gasteiger partial charge < -0.3 is 9.72 Å². The van der Waals surface area contributed by atoms with Crippen LogP contribution in [0.2, 0.25) is 0 Å². The fraction of sp³-hybridized carbons (Fsp3) is 0. The lowest BCUT2D eigenvalue weighted by Gasteiger charge is -2.07. The molecule has 1 amide bonds. The Labute approximate surface area is 150 Å². The summed E-state index contributed by atoms with van der Waals surface area (Å²) in [6.45, 7) is 0. The number of carbonyl (C=O) groups is 1. The molecule has 5 nitrogen and oxygen atoms in total. The number of hydrogen-bond acceptors (Lipinski definition) is 3. The zero-order valence-corrected chi connectivity index (χ0v) is 13.8. The monoisotopic (exact) mass is 338 g/mol. The van der Waals surface area contributed by atoms with Crippen LogP contribution in [-0.2, 0) is 0 Å². The average Bonchev–Trinajstić information content (AvgIpc) is 3.12. The van der Waals surface area contributed by atoms with Gasteiger partial charge in [-0.1, -0.05) is 42.5 Å². The van der Waals surface area contributed by atoms with Crippen molar-refractivity contribution >= 4 is 17.2 Å².